The Morgan fingerprint density at radius 2 is 2.06 bits per heavy atom. The number of benzene rings is 2. The summed E-state index contributed by atoms with van der Waals surface area (Å²) in [6, 6.07) is 12.8. The van der Waals surface area contributed by atoms with Crippen LogP contribution >= 0.6 is 0 Å². The van der Waals surface area contributed by atoms with Crippen LogP contribution in [0.1, 0.15) is 35.7 Å². The van der Waals surface area contributed by atoms with Gasteiger partial charge in [-0.2, -0.15) is 0 Å². The normalized spacial score (nSPS) is 24.5. The Kier molecular flexibility index (Phi) is 5.76. The Morgan fingerprint density at radius 1 is 1.19 bits per heavy atom. The summed E-state index contributed by atoms with van der Waals surface area (Å²) in [5.74, 6) is 1.35. The first-order valence-corrected chi connectivity index (χ1v) is 12.2. The van der Waals surface area contributed by atoms with Gasteiger partial charge in [0.2, 0.25) is 0 Å². The molecule has 3 aromatic rings. The maximum atomic E-state index is 13.6. The zero-order chi connectivity index (χ0) is 24.7. The quantitative estimate of drug-likeness (QED) is 0.522. The molecule has 2 saturated heterocycles. The number of imidazole rings is 1. The lowest BCUT2D eigenvalue weighted by atomic mass is 9.75. The van der Waals surface area contributed by atoms with Gasteiger partial charge in [0, 0.05) is 24.8 Å². The highest BCUT2D eigenvalue weighted by molar-refractivity contribution is 6.03. The highest BCUT2D eigenvalue weighted by Crippen LogP contribution is 2.45. The van der Waals surface area contributed by atoms with E-state index in [1.807, 2.05) is 42.0 Å². The van der Waals surface area contributed by atoms with E-state index in [-0.39, 0.29) is 17.3 Å². The molecule has 0 radical (unpaired) electrons. The summed E-state index contributed by atoms with van der Waals surface area (Å²) < 4.78 is 27.2. The van der Waals surface area contributed by atoms with Gasteiger partial charge < -0.3 is 23.8 Å². The van der Waals surface area contributed by atoms with Crippen molar-refractivity contribution in [1.29, 1.82) is 0 Å². The van der Waals surface area contributed by atoms with Gasteiger partial charge >= 0.3 is 0 Å². The molecule has 0 amide bonds. The molecule has 0 N–H and O–H groups in total. The molecule has 186 valence electrons. The molecule has 6 rings (SSSR count). The van der Waals surface area contributed by atoms with Crippen LogP contribution < -0.4 is 4.74 Å². The van der Waals surface area contributed by atoms with Crippen LogP contribution in [0.3, 0.4) is 0 Å². The van der Waals surface area contributed by atoms with Crippen molar-refractivity contribution in [2.75, 3.05) is 33.5 Å². The van der Waals surface area contributed by atoms with E-state index >= 15 is 0 Å². The Balaban J connectivity index is 1.38. The number of halogens is 1. The minimum atomic E-state index is -0.243. The molecule has 4 heterocycles. The van der Waals surface area contributed by atoms with Gasteiger partial charge in [0.15, 0.2) is 5.84 Å². The van der Waals surface area contributed by atoms with Crippen molar-refractivity contribution in [2.24, 2.45) is 10.6 Å². The summed E-state index contributed by atoms with van der Waals surface area (Å²) >= 11 is 0. The lowest BCUT2D eigenvalue weighted by molar-refractivity contribution is 0.0304. The number of nitrogens with zero attached hydrogens (tertiary/aromatic N) is 4. The van der Waals surface area contributed by atoms with Crippen molar-refractivity contribution in [3.05, 3.63) is 83.2 Å². The van der Waals surface area contributed by atoms with Gasteiger partial charge in [-0.3, -0.25) is 0 Å². The summed E-state index contributed by atoms with van der Waals surface area (Å²) in [5.41, 5.74) is 5.03. The highest BCUT2D eigenvalue weighted by atomic mass is 19.1. The third-order valence-corrected chi connectivity index (χ3v) is 7.36. The molecule has 0 aliphatic carbocycles. The van der Waals surface area contributed by atoms with E-state index in [9.17, 15) is 4.39 Å². The van der Waals surface area contributed by atoms with Crippen molar-refractivity contribution in [2.45, 2.75) is 25.8 Å². The first kappa shape index (κ1) is 22.8. The van der Waals surface area contributed by atoms with Gasteiger partial charge in [-0.1, -0.05) is 23.4 Å². The topological polar surface area (TPSA) is 61.1 Å². The van der Waals surface area contributed by atoms with Crippen molar-refractivity contribution >= 4 is 11.9 Å². The number of aryl methyl sites for hydroxylation is 1. The maximum Gasteiger partial charge on any atom is 0.172 e. The van der Waals surface area contributed by atoms with Crippen LogP contribution in [0.2, 0.25) is 0 Å². The van der Waals surface area contributed by atoms with E-state index in [4.69, 9.17) is 14.3 Å². The Morgan fingerprint density at radius 3 is 2.78 bits per heavy atom. The fourth-order valence-electron chi connectivity index (χ4n) is 5.53. The van der Waals surface area contributed by atoms with Crippen LogP contribution in [0, 0.1) is 18.2 Å². The number of rotatable bonds is 4. The number of aromatic nitrogens is 2. The molecule has 2 atom stereocenters. The van der Waals surface area contributed by atoms with Gasteiger partial charge in [-0.25, -0.2) is 9.37 Å². The molecule has 0 bridgehead atoms. The largest absolute Gasteiger partial charge is 0.495 e. The standard InChI is InChI=1S/C28H29FN4O3/c1-19-14-32(18-30-19)24-8-3-20(12-26(24)34-2)11-22-13-28(9-10-35-17-28)16-33-25(15-36-31-27(22)33)21-4-6-23(29)7-5-21/h3-8,11-12,14,18,25H,9-10,13,15-17H2,1-2H3. The van der Waals surface area contributed by atoms with Crippen LogP contribution in [0.5, 0.6) is 5.75 Å². The average Bonchev–Trinajstić information content (AvgIpc) is 3.53. The molecule has 3 aliphatic heterocycles. The number of hydrogen-bond acceptors (Lipinski definition) is 6. The number of piperidine rings is 1. The summed E-state index contributed by atoms with van der Waals surface area (Å²) in [6.07, 6.45) is 7.79. The minimum Gasteiger partial charge on any atom is -0.495 e. The molecule has 8 heteroatoms. The van der Waals surface area contributed by atoms with Gasteiger partial charge in [0.25, 0.3) is 0 Å². The second kappa shape index (κ2) is 9.09. The number of fused-ring (bicyclic) bond motifs is 1. The first-order valence-electron chi connectivity index (χ1n) is 12.2. The van der Waals surface area contributed by atoms with Gasteiger partial charge in [-0.05, 0) is 66.8 Å². The van der Waals surface area contributed by atoms with E-state index in [1.54, 1.807) is 13.4 Å². The summed E-state index contributed by atoms with van der Waals surface area (Å²) in [6.45, 7) is 4.69. The number of ether oxygens (including phenoxy) is 2. The lowest BCUT2D eigenvalue weighted by Gasteiger charge is -2.47. The van der Waals surface area contributed by atoms with Crippen LogP contribution in [0.15, 0.2) is 65.7 Å². The Bertz CT molecular complexity index is 1320. The highest BCUT2D eigenvalue weighted by Gasteiger charge is 2.46. The van der Waals surface area contributed by atoms with Crippen molar-refractivity contribution < 1.29 is 18.7 Å². The summed E-state index contributed by atoms with van der Waals surface area (Å²) in [7, 11) is 1.68. The predicted octanol–water partition coefficient (Wildman–Crippen LogP) is 4.91. The van der Waals surface area contributed by atoms with E-state index in [2.05, 4.69) is 27.2 Å². The molecular weight excluding hydrogens is 459 g/mol. The SMILES string of the molecule is COc1cc(C=C2CC3(CCOC3)CN3C2=NOCC3c2ccc(F)cc2)ccc1-n1cnc(C)c1. The molecule has 3 aliphatic rings. The van der Waals surface area contributed by atoms with Crippen LogP contribution in [-0.2, 0) is 9.57 Å². The number of hydrogen-bond donors (Lipinski definition) is 0. The minimum absolute atomic E-state index is 0.0127. The second-order valence-corrected chi connectivity index (χ2v) is 9.91. The maximum absolute atomic E-state index is 13.6. The Hall–Kier alpha value is -3.65. The molecule has 1 aromatic heterocycles. The van der Waals surface area contributed by atoms with Crippen molar-refractivity contribution in [3.63, 3.8) is 0 Å². The zero-order valence-corrected chi connectivity index (χ0v) is 20.5. The lowest BCUT2D eigenvalue weighted by Crippen LogP contribution is -2.52. The Labute approximate surface area is 209 Å². The van der Waals surface area contributed by atoms with Gasteiger partial charge in [0.05, 0.1) is 37.5 Å². The monoisotopic (exact) mass is 488 g/mol. The first-order chi connectivity index (χ1) is 17.5. The average molecular weight is 489 g/mol. The fourth-order valence-corrected chi connectivity index (χ4v) is 5.53. The molecular formula is C28H29FN4O3. The van der Waals surface area contributed by atoms with E-state index in [1.165, 1.54) is 12.1 Å². The van der Waals surface area contributed by atoms with Crippen LogP contribution in [0.25, 0.3) is 11.8 Å². The zero-order valence-electron chi connectivity index (χ0n) is 20.5. The number of methoxy groups -OCH3 is 1. The van der Waals surface area contributed by atoms with E-state index in [0.29, 0.717) is 13.2 Å². The molecule has 36 heavy (non-hydrogen) atoms. The fraction of sp³-hybridized carbons (Fsp3) is 0.357. The molecule has 1 spiro atoms. The number of oxime groups is 1. The predicted molar refractivity (Wildman–Crippen MR) is 135 cm³/mol. The smallest absolute Gasteiger partial charge is 0.172 e. The molecule has 2 aromatic carbocycles. The third kappa shape index (κ3) is 4.15. The van der Waals surface area contributed by atoms with E-state index in [0.717, 1.165) is 65.7 Å². The van der Waals surface area contributed by atoms with Gasteiger partial charge in [0.1, 0.15) is 18.2 Å². The molecule has 0 saturated carbocycles. The van der Waals surface area contributed by atoms with Gasteiger partial charge in [-0.15, -0.1) is 0 Å². The molecule has 7 nitrogen and oxygen atoms in total. The summed E-state index contributed by atoms with van der Waals surface area (Å²) in [5, 5.41) is 4.50. The van der Waals surface area contributed by atoms with Crippen molar-refractivity contribution in [1.82, 2.24) is 14.5 Å². The number of amidine groups is 1. The van der Waals surface area contributed by atoms with Crippen LogP contribution in [-0.4, -0.2) is 53.8 Å². The molecule has 2 unspecified atom stereocenters. The van der Waals surface area contributed by atoms with Crippen molar-refractivity contribution in [3.8, 4) is 11.4 Å². The second-order valence-electron chi connectivity index (χ2n) is 9.91. The summed E-state index contributed by atoms with van der Waals surface area (Å²) in [4.78, 5) is 12.4. The molecule has 2 fully saturated rings. The third-order valence-electron chi connectivity index (χ3n) is 7.36. The van der Waals surface area contributed by atoms with Crippen LogP contribution in [0.4, 0.5) is 4.39 Å². The van der Waals surface area contributed by atoms with E-state index < -0.39 is 0 Å².